The van der Waals surface area contributed by atoms with Crippen molar-refractivity contribution in [3.05, 3.63) is 83.4 Å². The molecular formula is C22H20N2OS. The van der Waals surface area contributed by atoms with E-state index in [-0.39, 0.29) is 11.0 Å². The number of hydrogen-bond acceptors (Lipinski definition) is 2. The number of amides is 1. The lowest BCUT2D eigenvalue weighted by molar-refractivity contribution is -0.115. The number of aryl methyl sites for hydroxylation is 1. The van der Waals surface area contributed by atoms with E-state index in [1.54, 1.807) is 6.08 Å². The van der Waals surface area contributed by atoms with Crippen LogP contribution in [0.3, 0.4) is 0 Å². The molecule has 2 N–H and O–H groups in total. The van der Waals surface area contributed by atoms with Crippen LogP contribution in [0.25, 0.3) is 16.8 Å². The first-order valence-electron chi connectivity index (χ1n) is 8.38. The van der Waals surface area contributed by atoms with Crippen LogP contribution in [0.5, 0.6) is 0 Å². The lowest BCUT2D eigenvalue weighted by atomic mass is 10.0. The van der Waals surface area contributed by atoms with Crippen molar-refractivity contribution in [2.75, 3.05) is 5.32 Å². The molecule has 0 saturated carbocycles. The Kier molecular flexibility index (Phi) is 5.44. The second-order valence-electron chi connectivity index (χ2n) is 6.09. The molecule has 3 aromatic carbocycles. The average Bonchev–Trinajstić information content (AvgIpc) is 2.63. The van der Waals surface area contributed by atoms with Gasteiger partial charge in [0.1, 0.15) is 0 Å². The first-order chi connectivity index (χ1) is 12.5. The quantitative estimate of drug-likeness (QED) is 0.511. The van der Waals surface area contributed by atoms with E-state index < -0.39 is 0 Å². The van der Waals surface area contributed by atoms with Gasteiger partial charge in [-0.3, -0.25) is 10.1 Å². The molecule has 26 heavy (non-hydrogen) atoms. The second kappa shape index (κ2) is 7.93. The summed E-state index contributed by atoms with van der Waals surface area (Å²) in [5, 5.41) is 8.29. The fourth-order valence-corrected chi connectivity index (χ4v) is 2.97. The topological polar surface area (TPSA) is 41.1 Å². The molecule has 3 aromatic rings. The van der Waals surface area contributed by atoms with Crippen molar-refractivity contribution >= 4 is 45.8 Å². The van der Waals surface area contributed by atoms with Gasteiger partial charge in [-0.2, -0.15) is 0 Å². The zero-order chi connectivity index (χ0) is 18.5. The third kappa shape index (κ3) is 4.16. The molecule has 3 rings (SSSR count). The Bertz CT molecular complexity index is 1000. The summed E-state index contributed by atoms with van der Waals surface area (Å²) in [4.78, 5) is 12.2. The Morgan fingerprint density at radius 1 is 0.962 bits per heavy atom. The Morgan fingerprint density at radius 3 is 2.54 bits per heavy atom. The Hall–Kier alpha value is -2.98. The highest BCUT2D eigenvalue weighted by Gasteiger charge is 2.05. The van der Waals surface area contributed by atoms with Crippen LogP contribution in [-0.4, -0.2) is 11.0 Å². The number of carbonyl (C=O) groups is 1. The van der Waals surface area contributed by atoms with E-state index in [0.717, 1.165) is 27.6 Å². The van der Waals surface area contributed by atoms with Crippen molar-refractivity contribution < 1.29 is 4.79 Å². The molecular weight excluding hydrogens is 340 g/mol. The molecule has 0 fully saturated rings. The van der Waals surface area contributed by atoms with Crippen molar-refractivity contribution in [1.29, 1.82) is 0 Å². The van der Waals surface area contributed by atoms with Gasteiger partial charge < -0.3 is 5.32 Å². The van der Waals surface area contributed by atoms with Crippen LogP contribution in [0.4, 0.5) is 5.69 Å². The first-order valence-corrected chi connectivity index (χ1v) is 8.79. The smallest absolute Gasteiger partial charge is 0.250 e. The average molecular weight is 360 g/mol. The van der Waals surface area contributed by atoms with E-state index in [1.807, 2.05) is 62.4 Å². The normalized spacial score (nSPS) is 10.8. The van der Waals surface area contributed by atoms with Gasteiger partial charge in [-0.05, 0) is 65.7 Å². The summed E-state index contributed by atoms with van der Waals surface area (Å²) >= 11 is 5.25. The lowest BCUT2D eigenvalue weighted by Crippen LogP contribution is -2.33. The van der Waals surface area contributed by atoms with Crippen LogP contribution < -0.4 is 10.6 Å². The molecule has 4 heteroatoms. The van der Waals surface area contributed by atoms with Crippen LogP contribution in [0, 0.1) is 13.8 Å². The third-order valence-electron chi connectivity index (χ3n) is 4.33. The highest BCUT2D eigenvalue weighted by molar-refractivity contribution is 7.80. The van der Waals surface area contributed by atoms with Crippen molar-refractivity contribution in [1.82, 2.24) is 5.32 Å². The highest BCUT2D eigenvalue weighted by Crippen LogP contribution is 2.20. The maximum atomic E-state index is 12.2. The molecule has 0 aliphatic carbocycles. The van der Waals surface area contributed by atoms with Crippen molar-refractivity contribution in [3.8, 4) is 0 Å². The predicted octanol–water partition coefficient (Wildman–Crippen LogP) is 4.98. The van der Waals surface area contributed by atoms with Gasteiger partial charge in [0.15, 0.2) is 5.11 Å². The van der Waals surface area contributed by atoms with E-state index in [4.69, 9.17) is 12.2 Å². The van der Waals surface area contributed by atoms with Gasteiger partial charge >= 0.3 is 0 Å². The van der Waals surface area contributed by atoms with Crippen LogP contribution >= 0.6 is 12.2 Å². The Labute approximate surface area is 158 Å². The summed E-state index contributed by atoms with van der Waals surface area (Å²) in [5.74, 6) is -0.263. The highest BCUT2D eigenvalue weighted by atomic mass is 32.1. The van der Waals surface area contributed by atoms with E-state index in [1.165, 1.54) is 11.6 Å². The van der Waals surface area contributed by atoms with Gasteiger partial charge in [0, 0.05) is 11.8 Å². The molecule has 0 atom stereocenters. The first kappa shape index (κ1) is 17.8. The molecule has 3 nitrogen and oxygen atoms in total. The minimum atomic E-state index is -0.263. The largest absolute Gasteiger partial charge is 0.332 e. The molecule has 0 unspecified atom stereocenters. The number of rotatable bonds is 3. The van der Waals surface area contributed by atoms with Gasteiger partial charge in [-0.15, -0.1) is 0 Å². The number of anilines is 1. The van der Waals surface area contributed by atoms with E-state index in [9.17, 15) is 4.79 Å². The van der Waals surface area contributed by atoms with Gasteiger partial charge in [0.25, 0.3) is 0 Å². The Balaban J connectivity index is 1.67. The zero-order valence-corrected chi connectivity index (χ0v) is 15.6. The molecule has 130 valence electrons. The lowest BCUT2D eigenvalue weighted by Gasteiger charge is -2.12. The maximum absolute atomic E-state index is 12.2. The summed E-state index contributed by atoms with van der Waals surface area (Å²) in [5.41, 5.74) is 4.16. The maximum Gasteiger partial charge on any atom is 0.250 e. The van der Waals surface area contributed by atoms with E-state index in [0.29, 0.717) is 0 Å². The summed E-state index contributed by atoms with van der Waals surface area (Å²) in [7, 11) is 0. The monoisotopic (exact) mass is 360 g/mol. The van der Waals surface area contributed by atoms with E-state index in [2.05, 4.69) is 22.8 Å². The second-order valence-corrected chi connectivity index (χ2v) is 6.50. The molecule has 0 aromatic heterocycles. The third-order valence-corrected chi connectivity index (χ3v) is 4.53. The molecule has 0 aliphatic rings. The molecule has 0 radical (unpaired) electrons. The number of benzene rings is 3. The molecule has 0 saturated heterocycles. The van der Waals surface area contributed by atoms with Crippen LogP contribution in [0.2, 0.25) is 0 Å². The zero-order valence-electron chi connectivity index (χ0n) is 14.7. The number of fused-ring (bicyclic) bond motifs is 1. The molecule has 0 aliphatic heterocycles. The van der Waals surface area contributed by atoms with Gasteiger partial charge in [0.2, 0.25) is 5.91 Å². The summed E-state index contributed by atoms with van der Waals surface area (Å²) < 4.78 is 0. The van der Waals surface area contributed by atoms with Gasteiger partial charge in [-0.25, -0.2) is 0 Å². The summed E-state index contributed by atoms with van der Waals surface area (Å²) in [6.45, 7) is 4.05. The van der Waals surface area contributed by atoms with Crippen LogP contribution in [0.1, 0.15) is 16.7 Å². The fourth-order valence-electron chi connectivity index (χ4n) is 2.75. The number of nitrogens with one attached hydrogen (secondary N) is 2. The molecule has 1 amide bonds. The van der Waals surface area contributed by atoms with Crippen molar-refractivity contribution in [2.24, 2.45) is 0 Å². The summed E-state index contributed by atoms with van der Waals surface area (Å²) in [6.07, 6.45) is 3.30. The molecule has 0 spiro atoms. The number of hydrogen-bond donors (Lipinski definition) is 2. The standard InChI is InChI=1S/C22H20N2OS/c1-15-7-5-12-20(16(15)2)23-22(26)24-21(25)14-13-18-10-6-9-17-8-3-4-11-19(17)18/h3-14H,1-2H3,(H2,23,24,25,26)/b14-13-. The Morgan fingerprint density at radius 2 is 1.69 bits per heavy atom. The minimum Gasteiger partial charge on any atom is -0.332 e. The van der Waals surface area contributed by atoms with E-state index >= 15 is 0 Å². The number of thiocarbonyl (C=S) groups is 1. The number of carbonyl (C=O) groups excluding carboxylic acids is 1. The predicted molar refractivity (Wildman–Crippen MR) is 113 cm³/mol. The fraction of sp³-hybridized carbons (Fsp3) is 0.0909. The molecule has 0 bridgehead atoms. The summed E-state index contributed by atoms with van der Waals surface area (Å²) in [6, 6.07) is 20.0. The van der Waals surface area contributed by atoms with Crippen molar-refractivity contribution in [2.45, 2.75) is 13.8 Å². The van der Waals surface area contributed by atoms with Gasteiger partial charge in [-0.1, -0.05) is 54.6 Å². The molecule has 0 heterocycles. The van der Waals surface area contributed by atoms with Crippen molar-refractivity contribution in [3.63, 3.8) is 0 Å². The van der Waals surface area contributed by atoms with Gasteiger partial charge in [0.05, 0.1) is 0 Å². The minimum absolute atomic E-state index is 0.263. The SMILES string of the molecule is Cc1cccc(NC(=S)NC(=O)/C=C\c2cccc3ccccc23)c1C. The van der Waals surface area contributed by atoms with Crippen LogP contribution in [0.15, 0.2) is 66.7 Å². The van der Waals surface area contributed by atoms with Crippen LogP contribution in [-0.2, 0) is 4.79 Å².